The van der Waals surface area contributed by atoms with E-state index in [4.69, 9.17) is 0 Å². The minimum absolute atomic E-state index is 0.160. The van der Waals surface area contributed by atoms with E-state index in [0.717, 1.165) is 19.5 Å². The standard InChI is InChI=1S/C13H17FN2O/c1-9(2)10-6-7-16(8-10)13(17)11-4-3-5-12(14)15-11/h3-5,9-10H,6-8H2,1-2H3. The molecule has 17 heavy (non-hydrogen) atoms. The molecule has 1 saturated heterocycles. The van der Waals surface area contributed by atoms with Gasteiger partial charge in [0.2, 0.25) is 5.95 Å². The first-order chi connectivity index (χ1) is 8.08. The van der Waals surface area contributed by atoms with Crippen LogP contribution in [0, 0.1) is 17.8 Å². The summed E-state index contributed by atoms with van der Waals surface area (Å²) in [7, 11) is 0. The van der Waals surface area contributed by atoms with Crippen LogP contribution in [0.1, 0.15) is 30.8 Å². The monoisotopic (exact) mass is 236 g/mol. The molecule has 4 heteroatoms. The van der Waals surface area contributed by atoms with Gasteiger partial charge in [0.25, 0.3) is 5.91 Å². The average Bonchev–Trinajstić information content (AvgIpc) is 2.77. The molecule has 1 fully saturated rings. The van der Waals surface area contributed by atoms with Gasteiger partial charge >= 0.3 is 0 Å². The van der Waals surface area contributed by atoms with Crippen LogP contribution in [-0.4, -0.2) is 28.9 Å². The lowest BCUT2D eigenvalue weighted by Gasteiger charge is -2.17. The Hall–Kier alpha value is -1.45. The van der Waals surface area contributed by atoms with Crippen LogP contribution in [0.3, 0.4) is 0 Å². The maximum absolute atomic E-state index is 12.9. The summed E-state index contributed by atoms with van der Waals surface area (Å²) in [6.07, 6.45) is 1.03. The molecule has 1 amide bonds. The summed E-state index contributed by atoms with van der Waals surface area (Å²) < 4.78 is 12.9. The second-order valence-electron chi connectivity index (χ2n) is 4.89. The van der Waals surface area contributed by atoms with Crippen LogP contribution < -0.4 is 0 Å². The van der Waals surface area contributed by atoms with Crippen molar-refractivity contribution in [1.29, 1.82) is 0 Å². The predicted octanol–water partition coefficient (Wildman–Crippen LogP) is 2.34. The van der Waals surface area contributed by atoms with Crippen LogP contribution in [0.5, 0.6) is 0 Å². The molecule has 1 aromatic heterocycles. The van der Waals surface area contributed by atoms with Crippen LogP contribution in [-0.2, 0) is 0 Å². The van der Waals surface area contributed by atoms with Gasteiger partial charge in [-0.3, -0.25) is 4.79 Å². The van der Waals surface area contributed by atoms with Gasteiger partial charge in [0.05, 0.1) is 0 Å². The van der Waals surface area contributed by atoms with Crippen molar-refractivity contribution in [3.8, 4) is 0 Å². The zero-order valence-electron chi connectivity index (χ0n) is 10.2. The Labute approximate surface area is 101 Å². The van der Waals surface area contributed by atoms with Gasteiger partial charge in [-0.25, -0.2) is 4.98 Å². The van der Waals surface area contributed by atoms with E-state index in [2.05, 4.69) is 18.8 Å². The van der Waals surface area contributed by atoms with Gasteiger partial charge < -0.3 is 4.90 Å². The van der Waals surface area contributed by atoms with E-state index in [-0.39, 0.29) is 11.6 Å². The minimum atomic E-state index is -0.601. The summed E-state index contributed by atoms with van der Waals surface area (Å²) >= 11 is 0. The number of hydrogen-bond acceptors (Lipinski definition) is 2. The molecule has 1 atom stereocenters. The molecule has 1 aliphatic rings. The predicted molar refractivity (Wildman–Crippen MR) is 63.0 cm³/mol. The van der Waals surface area contributed by atoms with Crippen molar-refractivity contribution < 1.29 is 9.18 Å². The van der Waals surface area contributed by atoms with Gasteiger partial charge in [0.15, 0.2) is 0 Å². The highest BCUT2D eigenvalue weighted by Crippen LogP contribution is 2.24. The van der Waals surface area contributed by atoms with Crippen molar-refractivity contribution in [2.45, 2.75) is 20.3 Å². The largest absolute Gasteiger partial charge is 0.337 e. The number of amides is 1. The number of carbonyl (C=O) groups is 1. The van der Waals surface area contributed by atoms with Crippen LogP contribution >= 0.6 is 0 Å². The smallest absolute Gasteiger partial charge is 0.272 e. The number of halogens is 1. The third-order valence-electron chi connectivity index (χ3n) is 3.39. The molecule has 0 bridgehead atoms. The molecule has 2 heterocycles. The van der Waals surface area contributed by atoms with Crippen LogP contribution in [0.2, 0.25) is 0 Å². The molecule has 0 spiro atoms. The molecule has 0 N–H and O–H groups in total. The Morgan fingerprint density at radius 3 is 2.88 bits per heavy atom. The molecule has 1 aliphatic heterocycles. The van der Waals surface area contributed by atoms with E-state index in [1.54, 1.807) is 11.0 Å². The molecule has 3 nitrogen and oxygen atoms in total. The highest BCUT2D eigenvalue weighted by Gasteiger charge is 2.29. The Bertz CT molecular complexity index is 420. The van der Waals surface area contributed by atoms with E-state index >= 15 is 0 Å². The van der Waals surface area contributed by atoms with E-state index in [1.165, 1.54) is 12.1 Å². The van der Waals surface area contributed by atoms with E-state index in [1.807, 2.05) is 0 Å². The summed E-state index contributed by atoms with van der Waals surface area (Å²) in [6.45, 7) is 5.84. The topological polar surface area (TPSA) is 33.2 Å². The van der Waals surface area contributed by atoms with Crippen LogP contribution in [0.25, 0.3) is 0 Å². The van der Waals surface area contributed by atoms with E-state index in [9.17, 15) is 9.18 Å². The SMILES string of the molecule is CC(C)C1CCN(C(=O)c2cccc(F)n2)C1. The Kier molecular flexibility index (Phi) is 3.41. The van der Waals surface area contributed by atoms with Crippen molar-refractivity contribution in [1.82, 2.24) is 9.88 Å². The molecule has 1 unspecified atom stereocenters. The molecular weight excluding hydrogens is 219 g/mol. The maximum Gasteiger partial charge on any atom is 0.272 e. The fraction of sp³-hybridized carbons (Fsp3) is 0.538. The number of likely N-dealkylation sites (tertiary alicyclic amines) is 1. The van der Waals surface area contributed by atoms with Crippen molar-refractivity contribution in [2.75, 3.05) is 13.1 Å². The summed E-state index contributed by atoms with van der Waals surface area (Å²) in [5.74, 6) is 0.365. The summed E-state index contributed by atoms with van der Waals surface area (Å²) in [5, 5.41) is 0. The van der Waals surface area contributed by atoms with Gasteiger partial charge in [0.1, 0.15) is 5.69 Å². The first-order valence-corrected chi connectivity index (χ1v) is 5.99. The summed E-state index contributed by atoms with van der Waals surface area (Å²) in [6, 6.07) is 4.33. The third-order valence-corrected chi connectivity index (χ3v) is 3.39. The van der Waals surface area contributed by atoms with E-state index < -0.39 is 5.95 Å². The average molecular weight is 236 g/mol. The number of rotatable bonds is 2. The maximum atomic E-state index is 12.9. The highest BCUT2D eigenvalue weighted by atomic mass is 19.1. The van der Waals surface area contributed by atoms with Crippen molar-refractivity contribution in [3.05, 3.63) is 29.8 Å². The Morgan fingerprint density at radius 1 is 1.53 bits per heavy atom. The molecule has 1 aromatic rings. The lowest BCUT2D eigenvalue weighted by atomic mass is 9.95. The summed E-state index contributed by atoms with van der Waals surface area (Å²) in [5.41, 5.74) is 0.203. The lowest BCUT2D eigenvalue weighted by Crippen LogP contribution is -2.30. The first-order valence-electron chi connectivity index (χ1n) is 5.99. The lowest BCUT2D eigenvalue weighted by molar-refractivity contribution is 0.0777. The van der Waals surface area contributed by atoms with Crippen molar-refractivity contribution in [3.63, 3.8) is 0 Å². The molecule has 92 valence electrons. The fourth-order valence-electron chi connectivity index (χ4n) is 2.21. The zero-order valence-corrected chi connectivity index (χ0v) is 10.2. The molecule has 0 aromatic carbocycles. The second-order valence-corrected chi connectivity index (χ2v) is 4.89. The normalized spacial score (nSPS) is 20.0. The van der Waals surface area contributed by atoms with Gasteiger partial charge in [-0.05, 0) is 30.4 Å². The molecule has 0 aliphatic carbocycles. The van der Waals surface area contributed by atoms with Crippen molar-refractivity contribution >= 4 is 5.91 Å². The number of aromatic nitrogens is 1. The second kappa shape index (κ2) is 4.82. The molecule has 2 rings (SSSR count). The molecule has 0 radical (unpaired) electrons. The van der Waals surface area contributed by atoms with Crippen LogP contribution in [0.4, 0.5) is 4.39 Å². The zero-order chi connectivity index (χ0) is 12.4. The Morgan fingerprint density at radius 2 is 2.29 bits per heavy atom. The van der Waals surface area contributed by atoms with Gasteiger partial charge in [-0.1, -0.05) is 19.9 Å². The van der Waals surface area contributed by atoms with Crippen LogP contribution in [0.15, 0.2) is 18.2 Å². The summed E-state index contributed by atoms with van der Waals surface area (Å²) in [4.78, 5) is 17.5. The molecular formula is C13H17FN2O. The number of hydrogen-bond donors (Lipinski definition) is 0. The quantitative estimate of drug-likeness (QED) is 0.738. The van der Waals surface area contributed by atoms with Gasteiger partial charge in [-0.2, -0.15) is 4.39 Å². The Balaban J connectivity index is 2.07. The minimum Gasteiger partial charge on any atom is -0.337 e. The molecule has 0 saturated carbocycles. The van der Waals surface area contributed by atoms with Crippen molar-refractivity contribution in [2.24, 2.45) is 11.8 Å². The van der Waals surface area contributed by atoms with Gasteiger partial charge in [0, 0.05) is 13.1 Å². The number of carbonyl (C=O) groups excluding carboxylic acids is 1. The number of pyridine rings is 1. The van der Waals surface area contributed by atoms with E-state index in [0.29, 0.717) is 11.8 Å². The number of nitrogens with zero attached hydrogens (tertiary/aromatic N) is 2. The van der Waals surface area contributed by atoms with Gasteiger partial charge in [-0.15, -0.1) is 0 Å². The third kappa shape index (κ3) is 2.62. The fourth-order valence-corrected chi connectivity index (χ4v) is 2.21. The first kappa shape index (κ1) is 12.0. The highest BCUT2D eigenvalue weighted by molar-refractivity contribution is 5.92.